The highest BCUT2D eigenvalue weighted by Crippen LogP contribution is 2.33. The van der Waals surface area contributed by atoms with Gasteiger partial charge in [-0.3, -0.25) is 0 Å². The van der Waals surface area contributed by atoms with Crippen LogP contribution in [0.25, 0.3) is 11.0 Å². The second-order valence-electron chi connectivity index (χ2n) is 4.18. The number of hydrogen-bond acceptors (Lipinski definition) is 2. The first-order chi connectivity index (χ1) is 8.52. The van der Waals surface area contributed by atoms with E-state index in [1.165, 1.54) is 6.07 Å². The third-order valence-electron chi connectivity index (χ3n) is 2.85. The predicted molar refractivity (Wildman–Crippen MR) is 63.5 cm³/mol. The van der Waals surface area contributed by atoms with Crippen molar-refractivity contribution in [1.29, 1.82) is 0 Å². The van der Waals surface area contributed by atoms with Crippen LogP contribution < -0.4 is 5.32 Å². The Morgan fingerprint density at radius 2 is 2.06 bits per heavy atom. The minimum Gasteiger partial charge on any atom is -0.464 e. The van der Waals surface area contributed by atoms with E-state index in [0.29, 0.717) is 17.4 Å². The maximum Gasteiger partial charge on any atom is 0.416 e. The maximum atomic E-state index is 12.6. The van der Waals surface area contributed by atoms with Crippen molar-refractivity contribution < 1.29 is 17.6 Å². The molecule has 1 aromatic heterocycles. The molecule has 0 radical (unpaired) electrons. The van der Waals surface area contributed by atoms with Crippen LogP contribution in [0.4, 0.5) is 13.2 Å². The van der Waals surface area contributed by atoms with Crippen molar-refractivity contribution >= 4 is 11.0 Å². The summed E-state index contributed by atoms with van der Waals surface area (Å²) in [6, 6.07) is 3.58. The highest BCUT2D eigenvalue weighted by Gasteiger charge is 2.30. The SMILES string of the molecule is CNCCCc1coc2ccc(C(F)(F)F)cc12. The molecular weight excluding hydrogens is 243 g/mol. The van der Waals surface area contributed by atoms with E-state index >= 15 is 0 Å². The lowest BCUT2D eigenvalue weighted by Crippen LogP contribution is -2.08. The molecule has 2 nitrogen and oxygen atoms in total. The zero-order chi connectivity index (χ0) is 13.2. The second kappa shape index (κ2) is 5.02. The standard InChI is InChI=1S/C13H14F3NO/c1-17-6-2-3-9-8-18-12-5-4-10(7-11(9)12)13(14,15)16/h4-5,7-8,17H,2-3,6H2,1H3. The van der Waals surface area contributed by atoms with Gasteiger partial charge >= 0.3 is 6.18 Å². The monoisotopic (exact) mass is 257 g/mol. The van der Waals surface area contributed by atoms with Gasteiger partial charge in [-0.15, -0.1) is 0 Å². The summed E-state index contributed by atoms with van der Waals surface area (Å²) in [5, 5.41) is 3.56. The van der Waals surface area contributed by atoms with Crippen LogP contribution in [0.1, 0.15) is 17.5 Å². The summed E-state index contributed by atoms with van der Waals surface area (Å²) in [6.45, 7) is 0.825. The van der Waals surface area contributed by atoms with Crippen LogP contribution in [0.3, 0.4) is 0 Å². The highest BCUT2D eigenvalue weighted by atomic mass is 19.4. The fraction of sp³-hybridized carbons (Fsp3) is 0.385. The highest BCUT2D eigenvalue weighted by molar-refractivity contribution is 5.81. The first kappa shape index (κ1) is 13.0. The first-order valence-corrected chi connectivity index (χ1v) is 5.74. The van der Waals surface area contributed by atoms with Crippen LogP contribution in [0.5, 0.6) is 0 Å². The molecule has 98 valence electrons. The zero-order valence-electron chi connectivity index (χ0n) is 9.97. The van der Waals surface area contributed by atoms with Gasteiger partial charge in [-0.25, -0.2) is 0 Å². The molecule has 0 fully saturated rings. The van der Waals surface area contributed by atoms with Gasteiger partial charge in [-0.1, -0.05) is 0 Å². The Kier molecular flexibility index (Phi) is 3.61. The van der Waals surface area contributed by atoms with Gasteiger partial charge in [-0.2, -0.15) is 13.2 Å². The van der Waals surface area contributed by atoms with Crippen molar-refractivity contribution in [2.75, 3.05) is 13.6 Å². The molecule has 1 aromatic carbocycles. The van der Waals surface area contributed by atoms with Crippen molar-refractivity contribution in [3.8, 4) is 0 Å². The smallest absolute Gasteiger partial charge is 0.416 e. The number of furan rings is 1. The van der Waals surface area contributed by atoms with E-state index in [-0.39, 0.29) is 0 Å². The molecule has 0 saturated heterocycles. The molecule has 1 heterocycles. The van der Waals surface area contributed by atoms with Crippen molar-refractivity contribution in [2.24, 2.45) is 0 Å². The number of hydrogen-bond donors (Lipinski definition) is 1. The molecule has 2 rings (SSSR count). The number of rotatable bonds is 4. The summed E-state index contributed by atoms with van der Waals surface area (Å²) in [6.07, 6.45) is -1.20. The Labute approximate surface area is 103 Å². The molecule has 0 bridgehead atoms. The predicted octanol–water partition coefficient (Wildman–Crippen LogP) is 3.60. The van der Waals surface area contributed by atoms with Crippen molar-refractivity contribution in [3.63, 3.8) is 0 Å². The summed E-state index contributed by atoms with van der Waals surface area (Å²) >= 11 is 0. The van der Waals surface area contributed by atoms with Crippen molar-refractivity contribution in [3.05, 3.63) is 35.6 Å². The molecule has 0 saturated carbocycles. The van der Waals surface area contributed by atoms with Crippen molar-refractivity contribution in [2.45, 2.75) is 19.0 Å². The summed E-state index contributed by atoms with van der Waals surface area (Å²) < 4.78 is 43.1. The van der Waals surface area contributed by atoms with E-state index in [4.69, 9.17) is 4.42 Å². The fourth-order valence-corrected chi connectivity index (χ4v) is 1.91. The lowest BCUT2D eigenvalue weighted by atomic mass is 10.1. The Morgan fingerprint density at radius 3 is 2.72 bits per heavy atom. The Hall–Kier alpha value is -1.49. The molecule has 0 aliphatic rings. The molecule has 2 aromatic rings. The molecule has 5 heteroatoms. The van der Waals surface area contributed by atoms with Crippen LogP contribution >= 0.6 is 0 Å². The van der Waals surface area contributed by atoms with Crippen LogP contribution in [0, 0.1) is 0 Å². The number of alkyl halides is 3. The first-order valence-electron chi connectivity index (χ1n) is 5.74. The number of aryl methyl sites for hydroxylation is 1. The number of halogens is 3. The summed E-state index contributed by atoms with van der Waals surface area (Å²) in [4.78, 5) is 0. The average molecular weight is 257 g/mol. The van der Waals surface area contributed by atoms with Gasteiger partial charge < -0.3 is 9.73 Å². The van der Waals surface area contributed by atoms with E-state index in [2.05, 4.69) is 5.32 Å². The van der Waals surface area contributed by atoms with Gasteiger partial charge in [-0.05, 0) is 50.2 Å². The Morgan fingerprint density at radius 1 is 1.28 bits per heavy atom. The van der Waals surface area contributed by atoms with E-state index < -0.39 is 11.7 Å². The van der Waals surface area contributed by atoms with Gasteiger partial charge in [0.25, 0.3) is 0 Å². The topological polar surface area (TPSA) is 25.2 Å². The Bertz CT molecular complexity index is 531. The van der Waals surface area contributed by atoms with Crippen LogP contribution in [-0.2, 0) is 12.6 Å². The largest absolute Gasteiger partial charge is 0.464 e. The van der Waals surface area contributed by atoms with Gasteiger partial charge in [0.1, 0.15) is 5.58 Å². The Balaban J connectivity index is 2.31. The molecule has 1 N–H and O–H groups in total. The van der Waals surface area contributed by atoms with E-state index in [0.717, 1.165) is 30.7 Å². The normalized spacial score (nSPS) is 12.2. The maximum absolute atomic E-state index is 12.6. The third kappa shape index (κ3) is 2.67. The second-order valence-corrected chi connectivity index (χ2v) is 4.18. The minimum absolute atomic E-state index is 0.502. The lowest BCUT2D eigenvalue weighted by molar-refractivity contribution is -0.137. The molecule has 0 amide bonds. The fourth-order valence-electron chi connectivity index (χ4n) is 1.91. The van der Waals surface area contributed by atoms with Crippen LogP contribution in [-0.4, -0.2) is 13.6 Å². The number of fused-ring (bicyclic) bond motifs is 1. The molecule has 0 unspecified atom stereocenters. The molecular formula is C13H14F3NO. The summed E-state index contributed by atoms with van der Waals surface area (Å²) in [5.41, 5.74) is 0.695. The van der Waals surface area contributed by atoms with Gasteiger partial charge in [0.15, 0.2) is 0 Å². The van der Waals surface area contributed by atoms with Crippen LogP contribution in [0.2, 0.25) is 0 Å². The van der Waals surface area contributed by atoms with E-state index in [1.54, 1.807) is 6.26 Å². The van der Waals surface area contributed by atoms with Gasteiger partial charge in [0.05, 0.1) is 11.8 Å². The molecule has 0 spiro atoms. The number of benzene rings is 1. The molecule has 0 aliphatic heterocycles. The van der Waals surface area contributed by atoms with Crippen molar-refractivity contribution in [1.82, 2.24) is 5.32 Å². The zero-order valence-corrected chi connectivity index (χ0v) is 9.97. The lowest BCUT2D eigenvalue weighted by Gasteiger charge is -2.06. The van der Waals surface area contributed by atoms with Crippen LogP contribution in [0.15, 0.2) is 28.9 Å². The molecule has 0 aliphatic carbocycles. The van der Waals surface area contributed by atoms with Gasteiger partial charge in [0, 0.05) is 5.39 Å². The van der Waals surface area contributed by atoms with Gasteiger partial charge in [0.2, 0.25) is 0 Å². The minimum atomic E-state index is -4.31. The average Bonchev–Trinajstić information content (AvgIpc) is 2.71. The van der Waals surface area contributed by atoms with E-state index in [9.17, 15) is 13.2 Å². The van der Waals surface area contributed by atoms with E-state index in [1.807, 2.05) is 7.05 Å². The third-order valence-corrected chi connectivity index (χ3v) is 2.85. The number of nitrogens with one attached hydrogen (secondary N) is 1. The summed E-state index contributed by atoms with van der Waals surface area (Å²) in [5.74, 6) is 0. The molecule has 18 heavy (non-hydrogen) atoms. The quantitative estimate of drug-likeness (QED) is 0.846. The summed E-state index contributed by atoms with van der Waals surface area (Å²) in [7, 11) is 1.84. The molecule has 0 atom stereocenters.